The van der Waals surface area contributed by atoms with Gasteiger partial charge >= 0.3 is 6.03 Å². The zero-order chi connectivity index (χ0) is 18.4. The van der Waals surface area contributed by atoms with Crippen LogP contribution in [0.2, 0.25) is 0 Å². The normalized spacial score (nSPS) is 24.8. The van der Waals surface area contributed by atoms with Crippen molar-refractivity contribution in [3.63, 3.8) is 0 Å². The molecular weight excluding hydrogens is 394 g/mol. The third-order valence-electron chi connectivity index (χ3n) is 5.43. The van der Waals surface area contributed by atoms with Crippen molar-refractivity contribution >= 4 is 33.6 Å². The first-order valence-corrected chi connectivity index (χ1v) is 10.6. The summed E-state index contributed by atoms with van der Waals surface area (Å²) in [7, 11) is 0. The average Bonchev–Trinajstić information content (AvgIpc) is 2.66. The number of halogens is 1. The molecule has 2 fully saturated rings. The van der Waals surface area contributed by atoms with E-state index in [0.717, 1.165) is 68.1 Å². The monoisotopic (exact) mass is 421 g/mol. The number of carbonyl (C=O) groups is 2. The fraction of sp³-hybridized carbons (Fsp3) is 0.600. The lowest BCUT2D eigenvalue weighted by Gasteiger charge is -2.39. The first-order valence-electron chi connectivity index (χ1n) is 9.76. The van der Waals surface area contributed by atoms with Crippen LogP contribution in [0.3, 0.4) is 0 Å². The van der Waals surface area contributed by atoms with Gasteiger partial charge in [0.1, 0.15) is 0 Å². The van der Waals surface area contributed by atoms with E-state index < -0.39 is 0 Å². The molecule has 0 bridgehead atoms. The number of anilines is 1. The predicted octanol–water partition coefficient (Wildman–Crippen LogP) is 4.53. The minimum absolute atomic E-state index is 0.00555. The Kier molecular flexibility index (Phi) is 6.94. The molecule has 1 saturated heterocycles. The zero-order valence-electron chi connectivity index (χ0n) is 15.2. The summed E-state index contributed by atoms with van der Waals surface area (Å²) in [6.45, 7) is 1.47. The second-order valence-corrected chi connectivity index (χ2v) is 8.21. The summed E-state index contributed by atoms with van der Waals surface area (Å²) in [4.78, 5) is 27.7. The van der Waals surface area contributed by atoms with Crippen molar-refractivity contribution in [3.05, 3.63) is 28.7 Å². The molecule has 1 aromatic rings. The van der Waals surface area contributed by atoms with Gasteiger partial charge in [0.05, 0.1) is 5.92 Å². The lowest BCUT2D eigenvalue weighted by Crippen LogP contribution is -2.52. The number of hydrogen-bond acceptors (Lipinski definition) is 2. The Labute approximate surface area is 164 Å². The molecule has 3 rings (SSSR count). The van der Waals surface area contributed by atoms with Crippen molar-refractivity contribution in [1.29, 1.82) is 0 Å². The Morgan fingerprint density at radius 2 is 1.92 bits per heavy atom. The lowest BCUT2D eigenvalue weighted by molar-refractivity contribution is -0.127. The molecule has 1 heterocycles. The zero-order valence-corrected chi connectivity index (χ0v) is 16.8. The summed E-state index contributed by atoms with van der Waals surface area (Å²) in [6, 6.07) is 7.53. The van der Waals surface area contributed by atoms with Crippen LogP contribution < -0.4 is 10.6 Å². The molecule has 0 radical (unpaired) electrons. The van der Waals surface area contributed by atoms with Crippen molar-refractivity contribution in [1.82, 2.24) is 10.2 Å². The summed E-state index contributed by atoms with van der Waals surface area (Å²) in [6.07, 6.45) is 8.12. The predicted molar refractivity (Wildman–Crippen MR) is 107 cm³/mol. The molecule has 1 aromatic carbocycles. The molecule has 142 valence electrons. The van der Waals surface area contributed by atoms with E-state index in [0.29, 0.717) is 6.54 Å². The highest BCUT2D eigenvalue weighted by molar-refractivity contribution is 9.10. The largest absolute Gasteiger partial charge is 0.356 e. The Hall–Kier alpha value is -1.56. The Balaban J connectivity index is 1.79. The van der Waals surface area contributed by atoms with E-state index in [9.17, 15) is 9.59 Å². The minimum atomic E-state index is -0.0907. The van der Waals surface area contributed by atoms with Crippen LogP contribution in [-0.2, 0) is 4.79 Å². The van der Waals surface area contributed by atoms with Crippen LogP contribution >= 0.6 is 15.9 Å². The number of nitrogens with zero attached hydrogens (tertiary/aromatic N) is 1. The van der Waals surface area contributed by atoms with Crippen molar-refractivity contribution in [2.75, 3.05) is 18.4 Å². The summed E-state index contributed by atoms with van der Waals surface area (Å²) in [5, 5.41) is 6.12. The lowest BCUT2D eigenvalue weighted by atomic mass is 9.82. The number of hydrogen-bond donors (Lipinski definition) is 2. The van der Waals surface area contributed by atoms with E-state index in [-0.39, 0.29) is 23.9 Å². The first-order chi connectivity index (χ1) is 12.6. The molecule has 6 heteroatoms. The van der Waals surface area contributed by atoms with E-state index in [1.807, 2.05) is 29.2 Å². The maximum absolute atomic E-state index is 13.1. The van der Waals surface area contributed by atoms with E-state index in [2.05, 4.69) is 26.6 Å². The van der Waals surface area contributed by atoms with Crippen molar-refractivity contribution < 1.29 is 9.59 Å². The standard InChI is InChI=1S/C20H28BrN3O2/c21-15-8-7-9-16(14-15)23-20(26)24-13-6-2-1-5-12-22-19(25)17-10-3-4-11-18(17)24/h7-9,14,17-18H,1-6,10-13H2,(H,22,25)(H,23,26)/t17-,18+/m1/s1. The van der Waals surface area contributed by atoms with Gasteiger partial charge in [0.25, 0.3) is 0 Å². The van der Waals surface area contributed by atoms with Crippen LogP contribution in [0.4, 0.5) is 10.5 Å². The molecule has 26 heavy (non-hydrogen) atoms. The number of urea groups is 1. The maximum atomic E-state index is 13.1. The first kappa shape index (κ1) is 19.2. The van der Waals surface area contributed by atoms with E-state index >= 15 is 0 Å². The van der Waals surface area contributed by atoms with Crippen LogP contribution in [0.25, 0.3) is 0 Å². The van der Waals surface area contributed by atoms with Crippen LogP contribution in [0.5, 0.6) is 0 Å². The number of carbonyl (C=O) groups excluding carboxylic acids is 2. The molecule has 0 spiro atoms. The Morgan fingerprint density at radius 3 is 2.77 bits per heavy atom. The van der Waals surface area contributed by atoms with Gasteiger partial charge in [-0.1, -0.05) is 47.7 Å². The smallest absolute Gasteiger partial charge is 0.322 e. The fourth-order valence-corrected chi connectivity index (χ4v) is 4.47. The number of rotatable bonds is 1. The highest BCUT2D eigenvalue weighted by Crippen LogP contribution is 2.30. The molecule has 1 saturated carbocycles. The highest BCUT2D eigenvalue weighted by Gasteiger charge is 2.37. The van der Waals surface area contributed by atoms with Gasteiger partial charge in [0.2, 0.25) is 5.91 Å². The Morgan fingerprint density at radius 1 is 1.12 bits per heavy atom. The molecule has 0 unspecified atom stereocenters. The SMILES string of the molecule is O=C1NCCCCCCN(C(=O)Nc2cccc(Br)c2)[C@H]2CCCC[C@@H]12. The molecule has 5 nitrogen and oxygen atoms in total. The highest BCUT2D eigenvalue weighted by atomic mass is 79.9. The van der Waals surface area contributed by atoms with Gasteiger partial charge in [0, 0.05) is 29.3 Å². The van der Waals surface area contributed by atoms with Crippen LogP contribution in [0.15, 0.2) is 28.7 Å². The van der Waals surface area contributed by atoms with Gasteiger partial charge in [0.15, 0.2) is 0 Å². The number of benzene rings is 1. The third kappa shape index (κ3) is 5.00. The summed E-state index contributed by atoms with van der Waals surface area (Å²) in [5.74, 6) is 0.0342. The molecule has 1 aliphatic carbocycles. The molecule has 1 aliphatic heterocycles. The molecule has 0 aromatic heterocycles. The van der Waals surface area contributed by atoms with Gasteiger partial charge in [-0.25, -0.2) is 4.79 Å². The van der Waals surface area contributed by atoms with Crippen molar-refractivity contribution in [2.45, 2.75) is 57.4 Å². The van der Waals surface area contributed by atoms with Crippen LogP contribution in [0.1, 0.15) is 51.4 Å². The molecule has 2 aliphatic rings. The Bertz CT molecular complexity index is 637. The van der Waals surface area contributed by atoms with E-state index in [1.54, 1.807) is 0 Å². The van der Waals surface area contributed by atoms with E-state index in [1.165, 1.54) is 0 Å². The average molecular weight is 422 g/mol. The van der Waals surface area contributed by atoms with Gasteiger partial charge in [-0.2, -0.15) is 0 Å². The van der Waals surface area contributed by atoms with Gasteiger partial charge in [-0.05, 0) is 43.9 Å². The molecular formula is C20H28BrN3O2. The summed E-state index contributed by atoms with van der Waals surface area (Å²) >= 11 is 3.44. The minimum Gasteiger partial charge on any atom is -0.356 e. The van der Waals surface area contributed by atoms with Crippen molar-refractivity contribution in [2.24, 2.45) is 5.92 Å². The molecule has 3 amide bonds. The summed E-state index contributed by atoms with van der Waals surface area (Å²) in [5.41, 5.74) is 0.774. The van der Waals surface area contributed by atoms with Gasteiger partial charge in [-0.15, -0.1) is 0 Å². The maximum Gasteiger partial charge on any atom is 0.322 e. The fourth-order valence-electron chi connectivity index (χ4n) is 4.07. The third-order valence-corrected chi connectivity index (χ3v) is 5.92. The molecule has 2 N–H and O–H groups in total. The second kappa shape index (κ2) is 9.40. The van der Waals surface area contributed by atoms with Crippen molar-refractivity contribution in [3.8, 4) is 0 Å². The van der Waals surface area contributed by atoms with Gasteiger partial charge in [-0.3, -0.25) is 4.79 Å². The number of amides is 3. The van der Waals surface area contributed by atoms with Gasteiger partial charge < -0.3 is 15.5 Å². The quantitative estimate of drug-likeness (QED) is 0.699. The van der Waals surface area contributed by atoms with Crippen LogP contribution in [0, 0.1) is 5.92 Å². The van der Waals surface area contributed by atoms with E-state index in [4.69, 9.17) is 0 Å². The number of nitrogens with one attached hydrogen (secondary N) is 2. The summed E-state index contributed by atoms with van der Waals surface area (Å²) < 4.78 is 0.933. The molecule has 2 atom stereocenters. The number of fused-ring (bicyclic) bond motifs is 1. The van der Waals surface area contributed by atoms with Crippen LogP contribution in [-0.4, -0.2) is 36.0 Å². The second-order valence-electron chi connectivity index (χ2n) is 7.30. The topological polar surface area (TPSA) is 61.4 Å².